The third kappa shape index (κ3) is 4.34. The van der Waals surface area contributed by atoms with Crippen LogP contribution >= 0.6 is 11.6 Å². The first kappa shape index (κ1) is 27.0. The van der Waals surface area contributed by atoms with Gasteiger partial charge in [0.2, 0.25) is 5.91 Å². The van der Waals surface area contributed by atoms with Crippen LogP contribution in [0, 0.1) is 5.82 Å². The second-order valence-electron chi connectivity index (χ2n) is 11.6. The lowest BCUT2D eigenvalue weighted by Crippen LogP contribution is -2.59. The number of rotatable bonds is 5. The number of allylic oxidation sites excluding steroid dienone is 1. The molecule has 1 aromatic heterocycles. The van der Waals surface area contributed by atoms with Crippen LogP contribution in [0.15, 0.2) is 41.7 Å². The van der Waals surface area contributed by atoms with E-state index in [0.717, 1.165) is 25.1 Å². The summed E-state index contributed by atoms with van der Waals surface area (Å²) < 4.78 is 23.5. The number of piperazine rings is 1. The molecule has 6 rings (SSSR count). The molecule has 8 nitrogen and oxygen atoms in total. The number of nitrogens with zero attached hydrogens (tertiary/aromatic N) is 5. The number of likely N-dealkylation sites (tertiary alicyclic amines) is 1. The summed E-state index contributed by atoms with van der Waals surface area (Å²) in [6, 6.07) is 6.12. The first-order valence-corrected chi connectivity index (χ1v) is 14.4. The number of anilines is 1. The second-order valence-corrected chi connectivity index (χ2v) is 12.5. The van der Waals surface area contributed by atoms with Gasteiger partial charge in [0.05, 0.1) is 16.6 Å². The van der Waals surface area contributed by atoms with Gasteiger partial charge in [-0.2, -0.15) is 4.98 Å². The normalized spacial score (nSPS) is 28.1. The fraction of sp³-hybridized carbons (Fsp3) is 0.500. The molecule has 4 atom stereocenters. The largest absolute Gasteiger partial charge is 0.489 e. The zero-order chi connectivity index (χ0) is 28.3. The van der Waals surface area contributed by atoms with Gasteiger partial charge in [0.1, 0.15) is 24.0 Å². The Balaban J connectivity index is 1.55. The summed E-state index contributed by atoms with van der Waals surface area (Å²) in [5, 5.41) is 0. The number of carbonyl (C=O) groups is 1. The molecule has 0 saturated carbocycles. The minimum Gasteiger partial charge on any atom is -0.489 e. The first-order valence-electron chi connectivity index (χ1n) is 14.0. The van der Waals surface area contributed by atoms with E-state index in [-0.39, 0.29) is 42.1 Å². The maximum atomic E-state index is 15.2. The molecule has 0 radical (unpaired) electrons. The van der Waals surface area contributed by atoms with Crippen molar-refractivity contribution in [3.63, 3.8) is 0 Å². The molecular weight excluding hydrogens is 533 g/mol. The number of amides is 1. The average Bonchev–Trinajstić information content (AvgIpc) is 2.88. The molecule has 2 saturated heterocycles. The van der Waals surface area contributed by atoms with Crippen molar-refractivity contribution in [3.8, 4) is 0 Å². The van der Waals surface area contributed by atoms with Gasteiger partial charge in [0.15, 0.2) is 0 Å². The van der Waals surface area contributed by atoms with Crippen LogP contribution in [0.2, 0.25) is 0 Å². The Morgan fingerprint density at radius 1 is 1.25 bits per heavy atom. The molecule has 1 aromatic carbocycles. The number of carbonyl (C=O) groups excluding carboxylic acids is 1. The molecule has 40 heavy (non-hydrogen) atoms. The molecule has 0 N–H and O–H groups in total. The SMILES string of the molecule is C=CC(=O)N1C[C@H](C)N(c2nc(=O)n3c4c2CC(C)(Cl)C(c2ccccc2F)=C4OCC3CN2CCC2)[C@@H](C)C1. The molecule has 0 bridgehead atoms. The number of aromatic nitrogens is 2. The second kappa shape index (κ2) is 10.0. The Morgan fingerprint density at radius 3 is 2.58 bits per heavy atom. The standard InChI is InChI=1S/C30H35ClFN5O3/c1-5-24(38)35-14-18(2)36(19(3)15-35)28-22-13-30(4,31)25(21-9-6-7-10-23(21)32)27-26(22)37(29(39)33-28)20(17-40-27)16-34-11-8-12-34/h5-7,9-10,18-20H,1,8,11-17H2,2-4H3/t18-,19-,20?,30?/m0/s1. The van der Waals surface area contributed by atoms with Gasteiger partial charge in [-0.05, 0) is 52.4 Å². The van der Waals surface area contributed by atoms with Crippen LogP contribution in [0.1, 0.15) is 50.1 Å². The van der Waals surface area contributed by atoms with Gasteiger partial charge in [-0.15, -0.1) is 11.6 Å². The number of halogens is 2. The number of alkyl halides is 1. The molecule has 0 spiro atoms. The van der Waals surface area contributed by atoms with Crippen LogP contribution in [0.4, 0.5) is 10.2 Å². The van der Waals surface area contributed by atoms with Gasteiger partial charge in [-0.1, -0.05) is 24.8 Å². The predicted octanol–water partition coefficient (Wildman–Crippen LogP) is 3.69. The Labute approximate surface area is 238 Å². The van der Waals surface area contributed by atoms with E-state index in [1.165, 1.54) is 12.1 Å². The monoisotopic (exact) mass is 567 g/mol. The van der Waals surface area contributed by atoms with Crippen LogP contribution in [0.3, 0.4) is 0 Å². The fourth-order valence-electron chi connectivity index (χ4n) is 6.80. The molecular formula is C30H35ClFN5O3. The van der Waals surface area contributed by atoms with Crippen molar-refractivity contribution >= 4 is 34.7 Å². The lowest BCUT2D eigenvalue weighted by Gasteiger charge is -2.47. The van der Waals surface area contributed by atoms with E-state index >= 15 is 4.39 Å². The van der Waals surface area contributed by atoms with Gasteiger partial charge >= 0.3 is 5.69 Å². The lowest BCUT2D eigenvalue weighted by atomic mass is 9.80. The molecule has 3 aliphatic heterocycles. The summed E-state index contributed by atoms with van der Waals surface area (Å²) in [4.78, 5) is 36.2. The summed E-state index contributed by atoms with van der Waals surface area (Å²) in [5.41, 5.74) is 2.04. The molecule has 1 aliphatic carbocycles. The van der Waals surface area contributed by atoms with Crippen molar-refractivity contribution in [3.05, 3.63) is 70.0 Å². The van der Waals surface area contributed by atoms with Crippen LogP contribution in [-0.4, -0.2) is 81.5 Å². The zero-order valence-corrected chi connectivity index (χ0v) is 24.0. The van der Waals surface area contributed by atoms with Crippen LogP contribution in [0.5, 0.6) is 0 Å². The van der Waals surface area contributed by atoms with Crippen molar-refractivity contribution in [2.75, 3.05) is 44.2 Å². The van der Waals surface area contributed by atoms with E-state index in [9.17, 15) is 9.59 Å². The summed E-state index contributed by atoms with van der Waals surface area (Å²) in [7, 11) is 0. The highest BCUT2D eigenvalue weighted by molar-refractivity contribution is 6.32. The molecule has 212 valence electrons. The Hall–Kier alpha value is -3.17. The summed E-state index contributed by atoms with van der Waals surface area (Å²) in [6.07, 6.45) is 2.81. The van der Waals surface area contributed by atoms with E-state index < -0.39 is 4.87 Å². The third-order valence-electron chi connectivity index (χ3n) is 8.67. The smallest absolute Gasteiger partial charge is 0.350 e. The van der Waals surface area contributed by atoms with Crippen molar-refractivity contribution in [1.82, 2.24) is 19.4 Å². The minimum absolute atomic E-state index is 0.109. The molecule has 4 heterocycles. The van der Waals surface area contributed by atoms with Gasteiger partial charge in [-0.25, -0.2) is 9.18 Å². The topological polar surface area (TPSA) is 70.9 Å². The van der Waals surface area contributed by atoms with Gasteiger partial charge in [0, 0.05) is 54.8 Å². The van der Waals surface area contributed by atoms with Crippen LogP contribution < -0.4 is 10.6 Å². The highest BCUT2D eigenvalue weighted by Gasteiger charge is 2.46. The number of hydrogen-bond acceptors (Lipinski definition) is 6. The van der Waals surface area contributed by atoms with Crippen LogP contribution in [-0.2, 0) is 16.0 Å². The molecule has 2 unspecified atom stereocenters. The lowest BCUT2D eigenvalue weighted by molar-refractivity contribution is -0.127. The maximum absolute atomic E-state index is 15.2. The average molecular weight is 568 g/mol. The maximum Gasteiger partial charge on any atom is 0.350 e. The van der Waals surface area contributed by atoms with Crippen molar-refractivity contribution in [2.24, 2.45) is 0 Å². The van der Waals surface area contributed by atoms with E-state index in [1.54, 1.807) is 27.7 Å². The third-order valence-corrected chi connectivity index (χ3v) is 8.99. The van der Waals surface area contributed by atoms with Gasteiger partial charge < -0.3 is 19.4 Å². The molecule has 2 fully saturated rings. The minimum atomic E-state index is -1.01. The van der Waals surface area contributed by atoms with E-state index in [4.69, 9.17) is 21.3 Å². The quantitative estimate of drug-likeness (QED) is 0.405. The highest BCUT2D eigenvalue weighted by atomic mass is 35.5. The van der Waals surface area contributed by atoms with Crippen LogP contribution in [0.25, 0.3) is 11.3 Å². The Morgan fingerprint density at radius 2 is 1.95 bits per heavy atom. The molecule has 2 aromatic rings. The molecule has 1 amide bonds. The van der Waals surface area contributed by atoms with Gasteiger partial charge in [-0.3, -0.25) is 9.36 Å². The van der Waals surface area contributed by atoms with E-state index in [1.807, 2.05) is 20.8 Å². The molecule has 10 heteroatoms. The summed E-state index contributed by atoms with van der Waals surface area (Å²) in [6.45, 7) is 13.4. The molecule has 4 aliphatic rings. The fourth-order valence-corrected chi connectivity index (χ4v) is 7.12. The number of benzene rings is 1. The number of hydrogen-bond donors (Lipinski definition) is 0. The Bertz CT molecular complexity index is 1450. The summed E-state index contributed by atoms with van der Waals surface area (Å²) >= 11 is 7.27. The van der Waals surface area contributed by atoms with Gasteiger partial charge in [0.25, 0.3) is 0 Å². The van der Waals surface area contributed by atoms with Crippen molar-refractivity contribution in [1.29, 1.82) is 0 Å². The van der Waals surface area contributed by atoms with E-state index in [2.05, 4.69) is 16.4 Å². The number of ether oxygens (including phenoxy) is 1. The predicted molar refractivity (Wildman–Crippen MR) is 154 cm³/mol. The van der Waals surface area contributed by atoms with Crippen molar-refractivity contribution in [2.45, 2.75) is 56.6 Å². The zero-order valence-electron chi connectivity index (χ0n) is 23.2. The van der Waals surface area contributed by atoms with E-state index in [0.29, 0.717) is 54.5 Å². The first-order chi connectivity index (χ1) is 19.1. The highest BCUT2D eigenvalue weighted by Crippen LogP contribution is 2.50. The summed E-state index contributed by atoms with van der Waals surface area (Å²) in [5.74, 6) is 0.505. The van der Waals surface area contributed by atoms with Crippen molar-refractivity contribution < 1.29 is 13.9 Å². The Kier molecular flexibility index (Phi) is 6.78.